The van der Waals surface area contributed by atoms with Gasteiger partial charge in [0.25, 0.3) is 0 Å². The molecule has 1 aromatic heterocycles. The molecule has 0 atom stereocenters. The highest BCUT2D eigenvalue weighted by atomic mass is 35.5. The number of nitrogens with zero attached hydrogens (tertiary/aromatic N) is 3. The van der Waals surface area contributed by atoms with Crippen molar-refractivity contribution in [3.8, 4) is 11.6 Å². The molecule has 2 aromatic rings. The zero-order valence-electron chi connectivity index (χ0n) is 11.3. The summed E-state index contributed by atoms with van der Waals surface area (Å²) in [4.78, 5) is 10.4. The van der Waals surface area contributed by atoms with Crippen LogP contribution in [0.5, 0.6) is 11.6 Å². The molecule has 9 heteroatoms. The Morgan fingerprint density at radius 2 is 2.24 bits per heavy atom. The molecule has 8 nitrogen and oxygen atoms in total. The van der Waals surface area contributed by atoms with Crippen molar-refractivity contribution in [2.24, 2.45) is 12.8 Å². The van der Waals surface area contributed by atoms with Crippen LogP contribution in [0, 0.1) is 22.4 Å². The monoisotopic (exact) mass is 309 g/mol. The number of nitrogens with two attached hydrogens (primary N) is 1. The fraction of sp³-hybridized carbons (Fsp3) is 0.167. The normalized spacial score (nSPS) is 10.4. The maximum absolute atomic E-state index is 11.0. The molecular weight excluding hydrogens is 298 g/mol. The van der Waals surface area contributed by atoms with Crippen LogP contribution in [0.1, 0.15) is 11.3 Å². The lowest BCUT2D eigenvalue weighted by Gasteiger charge is -2.08. The topological polar surface area (TPSA) is 120 Å². The van der Waals surface area contributed by atoms with E-state index < -0.39 is 4.92 Å². The van der Waals surface area contributed by atoms with Crippen LogP contribution in [0.4, 0.5) is 5.69 Å². The molecule has 0 unspecified atom stereocenters. The Kier molecular flexibility index (Phi) is 3.81. The van der Waals surface area contributed by atoms with Gasteiger partial charge < -0.3 is 10.5 Å². The lowest BCUT2D eigenvalue weighted by atomic mass is 10.2. The molecule has 1 aromatic carbocycles. The molecule has 21 heavy (non-hydrogen) atoms. The molecule has 0 aliphatic heterocycles. The van der Waals surface area contributed by atoms with Crippen LogP contribution in [0.2, 0.25) is 5.02 Å². The van der Waals surface area contributed by atoms with Crippen LogP contribution < -0.4 is 10.5 Å². The Hall–Kier alpha value is -2.61. The van der Waals surface area contributed by atoms with Gasteiger partial charge >= 0.3 is 5.69 Å². The zero-order valence-corrected chi connectivity index (χ0v) is 12.0. The number of nitro benzene ring substituents is 1. The van der Waals surface area contributed by atoms with E-state index in [0.29, 0.717) is 10.7 Å². The first-order valence-corrected chi connectivity index (χ1v) is 6.19. The quantitative estimate of drug-likeness (QED) is 0.389. The van der Waals surface area contributed by atoms with E-state index >= 15 is 0 Å². The summed E-state index contributed by atoms with van der Waals surface area (Å²) in [5, 5.41) is 23.0. The minimum Gasteiger partial charge on any atom is -0.431 e. The second-order valence-electron chi connectivity index (χ2n) is 4.27. The minimum atomic E-state index is -0.581. The van der Waals surface area contributed by atoms with Crippen LogP contribution >= 0.6 is 11.6 Å². The van der Waals surface area contributed by atoms with Gasteiger partial charge in [0.1, 0.15) is 11.4 Å². The Labute approximate surface area is 124 Å². The fourth-order valence-corrected chi connectivity index (χ4v) is 2.05. The molecule has 0 saturated heterocycles. The first kappa shape index (κ1) is 14.8. The summed E-state index contributed by atoms with van der Waals surface area (Å²) in [7, 11) is 1.59. The number of halogens is 1. The summed E-state index contributed by atoms with van der Waals surface area (Å²) < 4.78 is 6.91. The molecule has 3 N–H and O–H groups in total. The molecule has 0 radical (unpaired) electrons. The van der Waals surface area contributed by atoms with Gasteiger partial charge in [-0.3, -0.25) is 15.5 Å². The maximum atomic E-state index is 11.0. The van der Waals surface area contributed by atoms with E-state index in [1.54, 1.807) is 14.0 Å². The number of aromatic nitrogens is 2. The molecule has 0 saturated carbocycles. The third kappa shape index (κ3) is 2.79. The van der Waals surface area contributed by atoms with Crippen molar-refractivity contribution in [2.45, 2.75) is 6.92 Å². The van der Waals surface area contributed by atoms with Crippen molar-refractivity contribution in [1.82, 2.24) is 9.78 Å². The average Bonchev–Trinajstić information content (AvgIpc) is 2.63. The first-order chi connectivity index (χ1) is 9.81. The SMILES string of the molecule is Cc1nn(C)c(Oc2cc(Cl)ccc2[N+](=O)[O-])c1C(=N)N. The zero-order chi connectivity index (χ0) is 15.7. The van der Waals surface area contributed by atoms with E-state index in [1.165, 1.54) is 22.9 Å². The standard InChI is InChI=1S/C12H12ClN5O3/c1-6-10(11(14)15)12(17(2)16-6)21-9-5-7(13)3-4-8(9)18(19)20/h3-5H,1-2H3,(H3,14,15). The van der Waals surface area contributed by atoms with Gasteiger partial charge in [0.2, 0.25) is 11.6 Å². The van der Waals surface area contributed by atoms with Gasteiger partial charge in [-0.1, -0.05) is 11.6 Å². The molecule has 0 fully saturated rings. The van der Waals surface area contributed by atoms with Crippen molar-refractivity contribution in [3.05, 3.63) is 44.6 Å². The molecular formula is C12H12ClN5O3. The van der Waals surface area contributed by atoms with Gasteiger partial charge in [-0.15, -0.1) is 0 Å². The lowest BCUT2D eigenvalue weighted by molar-refractivity contribution is -0.385. The van der Waals surface area contributed by atoms with Crippen LogP contribution in [0.15, 0.2) is 18.2 Å². The highest BCUT2D eigenvalue weighted by molar-refractivity contribution is 6.30. The largest absolute Gasteiger partial charge is 0.431 e. The molecule has 110 valence electrons. The first-order valence-electron chi connectivity index (χ1n) is 5.81. The van der Waals surface area contributed by atoms with Crippen LogP contribution in [-0.4, -0.2) is 20.5 Å². The number of nitrogens with one attached hydrogen (secondary N) is 1. The number of amidine groups is 1. The highest BCUT2D eigenvalue weighted by Gasteiger charge is 2.22. The second-order valence-corrected chi connectivity index (χ2v) is 4.71. The van der Waals surface area contributed by atoms with Gasteiger partial charge in [0.15, 0.2) is 0 Å². The molecule has 1 heterocycles. The second kappa shape index (κ2) is 5.41. The summed E-state index contributed by atoms with van der Waals surface area (Å²) in [5.74, 6) is -0.136. The molecule has 2 rings (SSSR count). The van der Waals surface area contributed by atoms with Gasteiger partial charge in [-0.2, -0.15) is 5.10 Å². The fourth-order valence-electron chi connectivity index (χ4n) is 1.89. The average molecular weight is 310 g/mol. The van der Waals surface area contributed by atoms with Crippen molar-refractivity contribution in [2.75, 3.05) is 0 Å². The van der Waals surface area contributed by atoms with Crippen LogP contribution in [-0.2, 0) is 7.05 Å². The minimum absolute atomic E-state index is 0.0435. The van der Waals surface area contributed by atoms with Crippen molar-refractivity contribution in [1.29, 1.82) is 5.41 Å². The van der Waals surface area contributed by atoms with E-state index in [-0.39, 0.29) is 28.7 Å². The number of hydrogen-bond acceptors (Lipinski definition) is 5. The summed E-state index contributed by atoms with van der Waals surface area (Å²) >= 11 is 5.84. The molecule has 0 spiro atoms. The Morgan fingerprint density at radius 1 is 1.57 bits per heavy atom. The summed E-state index contributed by atoms with van der Waals surface area (Å²) in [6, 6.07) is 3.97. The van der Waals surface area contributed by atoms with Gasteiger partial charge in [-0.25, -0.2) is 4.68 Å². The number of hydrogen-bond donors (Lipinski definition) is 2. The van der Waals surface area contributed by atoms with Crippen LogP contribution in [0.3, 0.4) is 0 Å². The van der Waals surface area contributed by atoms with E-state index in [4.69, 9.17) is 27.5 Å². The number of rotatable bonds is 4. The van der Waals surface area contributed by atoms with Crippen molar-refractivity contribution < 1.29 is 9.66 Å². The predicted molar refractivity (Wildman–Crippen MR) is 77.1 cm³/mol. The third-order valence-corrected chi connectivity index (χ3v) is 3.00. The maximum Gasteiger partial charge on any atom is 0.311 e. The number of nitrogen functional groups attached to an aromatic ring is 1. The highest BCUT2D eigenvalue weighted by Crippen LogP contribution is 2.35. The Morgan fingerprint density at radius 3 is 2.81 bits per heavy atom. The predicted octanol–water partition coefficient (Wildman–Crippen LogP) is 2.37. The summed E-state index contributed by atoms with van der Waals surface area (Å²) in [6.45, 7) is 1.66. The smallest absolute Gasteiger partial charge is 0.311 e. The molecule has 0 aliphatic carbocycles. The van der Waals surface area contributed by atoms with Gasteiger partial charge in [-0.05, 0) is 13.0 Å². The van der Waals surface area contributed by atoms with Crippen molar-refractivity contribution >= 4 is 23.1 Å². The molecule has 0 aliphatic rings. The van der Waals surface area contributed by atoms with E-state index in [9.17, 15) is 10.1 Å². The van der Waals surface area contributed by atoms with E-state index in [0.717, 1.165) is 0 Å². The summed E-state index contributed by atoms with van der Waals surface area (Å²) in [5.41, 5.74) is 6.03. The lowest BCUT2D eigenvalue weighted by Crippen LogP contribution is -2.13. The number of nitro groups is 1. The van der Waals surface area contributed by atoms with Crippen molar-refractivity contribution in [3.63, 3.8) is 0 Å². The third-order valence-electron chi connectivity index (χ3n) is 2.76. The number of ether oxygens (including phenoxy) is 1. The number of benzene rings is 1. The Balaban J connectivity index is 2.55. The molecule has 0 bridgehead atoms. The van der Waals surface area contributed by atoms with E-state index in [2.05, 4.69) is 5.10 Å². The molecule has 0 amide bonds. The van der Waals surface area contributed by atoms with Gasteiger partial charge in [0.05, 0.1) is 10.6 Å². The number of aryl methyl sites for hydroxylation is 2. The summed E-state index contributed by atoms with van der Waals surface area (Å²) in [6.07, 6.45) is 0. The van der Waals surface area contributed by atoms with Gasteiger partial charge in [0, 0.05) is 24.2 Å². The van der Waals surface area contributed by atoms with Crippen LogP contribution in [0.25, 0.3) is 0 Å². The Bertz CT molecular complexity index is 741. The van der Waals surface area contributed by atoms with E-state index in [1.807, 2.05) is 0 Å².